The molecule has 100 valence electrons. The summed E-state index contributed by atoms with van der Waals surface area (Å²) in [5, 5.41) is 4.86. The monoisotopic (exact) mass is 279 g/mol. The molecule has 19 heavy (non-hydrogen) atoms. The van der Waals surface area contributed by atoms with Crippen LogP contribution in [0.15, 0.2) is 18.2 Å². The molecule has 1 aliphatic rings. The number of aryl methyl sites for hydroxylation is 1. The third-order valence-corrected chi connectivity index (χ3v) is 3.03. The summed E-state index contributed by atoms with van der Waals surface area (Å²) < 4.78 is 2.16. The summed E-state index contributed by atoms with van der Waals surface area (Å²) in [6.45, 7) is 0.509. The molecule has 3 N–H and O–H groups in total. The van der Waals surface area contributed by atoms with Gasteiger partial charge in [0.25, 0.3) is 11.8 Å². The molecule has 0 bridgehead atoms. The second-order valence-electron chi connectivity index (χ2n) is 4.13. The van der Waals surface area contributed by atoms with Crippen molar-refractivity contribution in [2.24, 2.45) is 0 Å². The lowest BCUT2D eigenvalue weighted by Gasteiger charge is -2.05. The van der Waals surface area contributed by atoms with Crippen molar-refractivity contribution in [3.63, 3.8) is 0 Å². The number of carbonyl (C=O) groups is 3. The van der Waals surface area contributed by atoms with Crippen LogP contribution in [0.5, 0.6) is 0 Å². The van der Waals surface area contributed by atoms with Crippen molar-refractivity contribution in [1.82, 2.24) is 15.4 Å². The van der Waals surface area contributed by atoms with E-state index in [1.165, 1.54) is 0 Å². The van der Waals surface area contributed by atoms with Crippen molar-refractivity contribution in [2.45, 2.75) is 12.8 Å². The van der Waals surface area contributed by atoms with Gasteiger partial charge in [0.05, 0.1) is 11.1 Å². The van der Waals surface area contributed by atoms with Gasteiger partial charge in [-0.05, 0) is 30.5 Å². The van der Waals surface area contributed by atoms with E-state index < -0.39 is 0 Å². The topological polar surface area (TPSA) is 87.3 Å². The van der Waals surface area contributed by atoms with Crippen LogP contribution >= 0.6 is 12.8 Å². The zero-order chi connectivity index (χ0) is 13.8. The van der Waals surface area contributed by atoms with Crippen LogP contribution in [0.4, 0.5) is 4.79 Å². The molecule has 0 spiro atoms. The lowest BCUT2D eigenvalue weighted by Crippen LogP contribution is -2.30. The Morgan fingerprint density at radius 1 is 1.21 bits per heavy atom. The molecule has 1 aromatic carbocycles. The van der Waals surface area contributed by atoms with Crippen LogP contribution in [0.2, 0.25) is 0 Å². The molecule has 1 aliphatic heterocycles. The number of urea groups is 1. The number of amides is 4. The number of carbonyl (C=O) groups excluding carboxylic acids is 3. The quantitative estimate of drug-likeness (QED) is 0.371. The number of rotatable bonds is 4. The van der Waals surface area contributed by atoms with Gasteiger partial charge in [-0.25, -0.2) is 4.79 Å². The molecule has 6 nitrogen and oxygen atoms in total. The van der Waals surface area contributed by atoms with Gasteiger partial charge in [0.1, 0.15) is 0 Å². The second kappa shape index (κ2) is 5.75. The van der Waals surface area contributed by atoms with Crippen LogP contribution in [-0.2, 0) is 6.42 Å². The summed E-state index contributed by atoms with van der Waals surface area (Å²) in [5.74, 6) is -0.701. The fraction of sp³-hybridized carbons (Fsp3) is 0.250. The minimum absolute atomic E-state index is 0.345. The van der Waals surface area contributed by atoms with Gasteiger partial charge < -0.3 is 5.32 Å². The normalized spacial score (nSPS) is 12.9. The number of hydrogen-bond acceptors (Lipinski definition) is 4. The van der Waals surface area contributed by atoms with E-state index in [9.17, 15) is 14.4 Å². The van der Waals surface area contributed by atoms with Gasteiger partial charge in [-0.3, -0.25) is 19.6 Å². The first-order valence-corrected chi connectivity index (χ1v) is 6.23. The maximum absolute atomic E-state index is 11.5. The number of hydrogen-bond donors (Lipinski definition) is 4. The van der Waals surface area contributed by atoms with Gasteiger partial charge in [-0.2, -0.15) is 0 Å². The second-order valence-corrected chi connectivity index (χ2v) is 4.36. The number of thiol groups is 1. The van der Waals surface area contributed by atoms with Crippen molar-refractivity contribution in [2.75, 3.05) is 6.54 Å². The first kappa shape index (κ1) is 13.4. The first-order valence-electron chi connectivity index (χ1n) is 5.78. The molecule has 0 atom stereocenters. The highest BCUT2D eigenvalue weighted by Crippen LogP contribution is 2.18. The smallest absolute Gasteiger partial charge is 0.324 e. The highest BCUT2D eigenvalue weighted by molar-refractivity contribution is 7.78. The largest absolute Gasteiger partial charge is 0.337 e. The molecule has 0 fully saturated rings. The van der Waals surface area contributed by atoms with E-state index in [1.807, 2.05) is 6.07 Å². The fourth-order valence-corrected chi connectivity index (χ4v) is 1.98. The van der Waals surface area contributed by atoms with Crippen molar-refractivity contribution in [3.8, 4) is 0 Å². The molecule has 0 aliphatic carbocycles. The van der Waals surface area contributed by atoms with Crippen molar-refractivity contribution < 1.29 is 14.4 Å². The molecule has 2 rings (SSSR count). The summed E-state index contributed by atoms with van der Waals surface area (Å²) in [7, 11) is 0. The van der Waals surface area contributed by atoms with Gasteiger partial charge >= 0.3 is 6.03 Å². The summed E-state index contributed by atoms with van der Waals surface area (Å²) >= 11 is 3.61. The molecule has 7 heteroatoms. The van der Waals surface area contributed by atoms with Gasteiger partial charge in [0.15, 0.2) is 0 Å². The summed E-state index contributed by atoms with van der Waals surface area (Å²) in [5.41, 5.74) is 1.79. The van der Waals surface area contributed by atoms with E-state index in [-0.39, 0.29) is 17.8 Å². The number of imide groups is 1. The van der Waals surface area contributed by atoms with E-state index in [0.717, 1.165) is 12.0 Å². The predicted molar refractivity (Wildman–Crippen MR) is 72.1 cm³/mol. The average Bonchev–Trinajstić information content (AvgIpc) is 2.69. The van der Waals surface area contributed by atoms with E-state index >= 15 is 0 Å². The summed E-state index contributed by atoms with van der Waals surface area (Å²) in [4.78, 5) is 33.7. The van der Waals surface area contributed by atoms with Gasteiger partial charge in [0.2, 0.25) is 0 Å². The Hall–Kier alpha value is -2.02. The number of fused-ring (bicyclic) bond motifs is 1. The molecule has 1 aromatic rings. The fourth-order valence-electron chi connectivity index (χ4n) is 1.90. The molecule has 0 saturated heterocycles. The zero-order valence-electron chi connectivity index (χ0n) is 10.0. The minimum atomic E-state index is -0.352. The maximum atomic E-state index is 11.5. The van der Waals surface area contributed by atoms with Gasteiger partial charge in [0, 0.05) is 6.54 Å². The Bertz CT molecular complexity index is 545. The van der Waals surface area contributed by atoms with Crippen molar-refractivity contribution in [3.05, 3.63) is 34.9 Å². The van der Waals surface area contributed by atoms with Crippen molar-refractivity contribution in [1.29, 1.82) is 0 Å². The third-order valence-electron chi connectivity index (χ3n) is 2.83. The van der Waals surface area contributed by atoms with E-state index in [1.54, 1.807) is 12.1 Å². The van der Waals surface area contributed by atoms with Crippen LogP contribution in [0.3, 0.4) is 0 Å². The Kier molecular flexibility index (Phi) is 4.06. The lowest BCUT2D eigenvalue weighted by molar-refractivity contribution is 0.0879. The molecule has 0 radical (unpaired) electrons. The Morgan fingerprint density at radius 2 is 1.95 bits per heavy atom. The molecular formula is C12H13N3O3S. The lowest BCUT2D eigenvalue weighted by atomic mass is 10.0. The number of nitrogens with one attached hydrogen (secondary N) is 3. The molecular weight excluding hydrogens is 266 g/mol. The third kappa shape index (κ3) is 3.05. The highest BCUT2D eigenvalue weighted by atomic mass is 32.1. The predicted octanol–water partition coefficient (Wildman–Crippen LogP) is 0.647. The Balaban J connectivity index is 1.93. The van der Waals surface area contributed by atoms with E-state index in [2.05, 4.69) is 28.2 Å². The van der Waals surface area contributed by atoms with Crippen LogP contribution in [0.1, 0.15) is 32.7 Å². The molecule has 0 unspecified atom stereocenters. The molecule has 1 heterocycles. The van der Waals surface area contributed by atoms with Crippen molar-refractivity contribution >= 4 is 30.7 Å². The van der Waals surface area contributed by atoms with Crippen LogP contribution in [0, 0.1) is 0 Å². The molecule has 4 amide bonds. The first-order chi connectivity index (χ1) is 9.11. The highest BCUT2D eigenvalue weighted by Gasteiger charge is 2.26. The van der Waals surface area contributed by atoms with Gasteiger partial charge in [-0.15, -0.1) is 0 Å². The van der Waals surface area contributed by atoms with Gasteiger partial charge in [-0.1, -0.05) is 18.9 Å². The van der Waals surface area contributed by atoms with E-state index in [0.29, 0.717) is 24.1 Å². The minimum Gasteiger partial charge on any atom is -0.337 e. The average molecular weight is 279 g/mol. The summed E-state index contributed by atoms with van der Waals surface area (Å²) in [6, 6.07) is 4.84. The molecule has 0 aromatic heterocycles. The van der Waals surface area contributed by atoms with Crippen LogP contribution < -0.4 is 15.4 Å². The zero-order valence-corrected chi connectivity index (χ0v) is 10.9. The maximum Gasteiger partial charge on any atom is 0.324 e. The number of benzene rings is 1. The Labute approximate surface area is 115 Å². The van der Waals surface area contributed by atoms with E-state index in [4.69, 9.17) is 0 Å². The van der Waals surface area contributed by atoms with Crippen LogP contribution in [0.25, 0.3) is 0 Å². The SMILES string of the molecule is O=C(NS)NCCCc1ccc2c(c1)C(=O)NC2=O. The Morgan fingerprint density at radius 3 is 2.68 bits per heavy atom. The van der Waals surface area contributed by atoms with Crippen LogP contribution in [-0.4, -0.2) is 24.4 Å². The molecule has 0 saturated carbocycles. The standard InChI is InChI=1S/C12H13N3O3S/c16-10-8-4-3-7(6-9(8)11(17)14-10)2-1-5-13-12(18)15-19/h3-4,6,19H,1-2,5H2,(H2,13,15,18)(H,14,16,17). The summed E-state index contributed by atoms with van der Waals surface area (Å²) in [6.07, 6.45) is 1.44.